The van der Waals surface area contributed by atoms with E-state index in [1.54, 1.807) is 0 Å². The fraction of sp³-hybridized carbons (Fsp3) is 0.143. The summed E-state index contributed by atoms with van der Waals surface area (Å²) in [6.07, 6.45) is 0. The second kappa shape index (κ2) is 7.49. The normalized spacial score (nSPS) is 11.7. The molecular weight excluding hydrogens is 410 g/mol. The van der Waals surface area contributed by atoms with Crippen molar-refractivity contribution in [2.45, 2.75) is 11.0 Å². The molecule has 0 aliphatic heterocycles. The molecule has 0 unspecified atom stereocenters. The SMILES string of the molecule is CC(Cl)(Cl)P(=O)(Oc1cccc([N+](=O)[O-])c1)Oc1cccc([N+](=O)[O-])c1. The molecule has 0 saturated heterocycles. The van der Waals surface area contributed by atoms with Gasteiger partial charge in [-0.1, -0.05) is 35.3 Å². The first-order chi connectivity index (χ1) is 12.0. The van der Waals surface area contributed by atoms with Crippen LogP contribution in [-0.4, -0.2) is 13.9 Å². The summed E-state index contributed by atoms with van der Waals surface area (Å²) in [5, 5.41) is 21.7. The van der Waals surface area contributed by atoms with Gasteiger partial charge in [-0.2, -0.15) is 0 Å². The highest BCUT2D eigenvalue weighted by molar-refractivity contribution is 7.60. The fourth-order valence-electron chi connectivity index (χ4n) is 1.76. The zero-order valence-corrected chi connectivity index (χ0v) is 15.5. The predicted molar refractivity (Wildman–Crippen MR) is 95.2 cm³/mol. The van der Waals surface area contributed by atoms with Gasteiger partial charge in [0.2, 0.25) is 4.07 Å². The molecule has 26 heavy (non-hydrogen) atoms. The van der Waals surface area contributed by atoms with Crippen molar-refractivity contribution >= 4 is 42.2 Å². The molecule has 9 nitrogen and oxygen atoms in total. The van der Waals surface area contributed by atoms with E-state index in [4.69, 9.17) is 32.2 Å². The van der Waals surface area contributed by atoms with E-state index in [1.807, 2.05) is 0 Å². The van der Waals surface area contributed by atoms with Crippen LogP contribution in [0.4, 0.5) is 11.4 Å². The van der Waals surface area contributed by atoms with Crippen LogP contribution >= 0.6 is 30.8 Å². The molecule has 0 spiro atoms. The predicted octanol–water partition coefficient (Wildman–Crippen LogP) is 5.31. The highest BCUT2D eigenvalue weighted by atomic mass is 35.5. The minimum absolute atomic E-state index is 0.166. The number of nitrogens with zero attached hydrogens (tertiary/aromatic N) is 2. The van der Waals surface area contributed by atoms with E-state index >= 15 is 0 Å². The maximum Gasteiger partial charge on any atom is 0.466 e. The first kappa shape index (κ1) is 20.0. The Morgan fingerprint density at radius 3 is 1.62 bits per heavy atom. The highest BCUT2D eigenvalue weighted by Crippen LogP contribution is 2.63. The summed E-state index contributed by atoms with van der Waals surface area (Å²) in [7, 11) is -4.36. The molecule has 0 aromatic heterocycles. The van der Waals surface area contributed by atoms with E-state index in [2.05, 4.69) is 0 Å². The van der Waals surface area contributed by atoms with Crippen LogP contribution in [0.15, 0.2) is 48.5 Å². The Morgan fingerprint density at radius 1 is 0.923 bits per heavy atom. The number of rotatable bonds is 7. The number of hydrogen-bond acceptors (Lipinski definition) is 7. The third-order valence-electron chi connectivity index (χ3n) is 2.99. The Hall–Kier alpha value is -2.35. The Kier molecular flexibility index (Phi) is 5.75. The third-order valence-corrected chi connectivity index (χ3v) is 6.10. The molecule has 0 amide bonds. The van der Waals surface area contributed by atoms with Gasteiger partial charge in [0, 0.05) is 12.1 Å². The van der Waals surface area contributed by atoms with Gasteiger partial charge >= 0.3 is 7.60 Å². The first-order valence-electron chi connectivity index (χ1n) is 6.88. The number of non-ortho nitro benzene ring substituents is 2. The second-order valence-electron chi connectivity index (χ2n) is 5.03. The van der Waals surface area contributed by atoms with Crippen molar-refractivity contribution in [1.29, 1.82) is 0 Å². The Bertz CT molecular complexity index is 837. The number of hydrogen-bond donors (Lipinski definition) is 0. The highest BCUT2D eigenvalue weighted by Gasteiger charge is 2.48. The smallest absolute Gasteiger partial charge is 0.414 e. The van der Waals surface area contributed by atoms with Gasteiger partial charge in [0.1, 0.15) is 11.5 Å². The second-order valence-corrected chi connectivity index (χ2v) is 9.52. The molecule has 0 aliphatic carbocycles. The number of halogens is 2. The maximum absolute atomic E-state index is 13.1. The summed E-state index contributed by atoms with van der Waals surface area (Å²) in [5.74, 6) is -0.332. The fourth-order valence-corrected chi connectivity index (χ4v) is 3.32. The summed E-state index contributed by atoms with van der Waals surface area (Å²) in [6.45, 7) is 1.14. The molecule has 2 aromatic carbocycles. The van der Waals surface area contributed by atoms with Crippen molar-refractivity contribution in [1.82, 2.24) is 0 Å². The standard InChI is InChI=1S/C14H11Cl2N2O7P/c1-14(15,16)26(23,24-12-6-2-4-10(8-12)17(19)20)25-13-7-3-5-11(9-13)18(21)22/h2-9H,1H3. The van der Waals surface area contributed by atoms with Gasteiger partial charge in [0.15, 0.2) is 0 Å². The zero-order valence-electron chi connectivity index (χ0n) is 13.1. The van der Waals surface area contributed by atoms with Crippen molar-refractivity contribution in [2.75, 3.05) is 0 Å². The number of nitro groups is 2. The van der Waals surface area contributed by atoms with Crippen molar-refractivity contribution in [3.05, 3.63) is 68.8 Å². The largest absolute Gasteiger partial charge is 0.466 e. The zero-order chi connectivity index (χ0) is 19.5. The van der Waals surface area contributed by atoms with Gasteiger partial charge in [-0.25, -0.2) is 4.57 Å². The van der Waals surface area contributed by atoms with Gasteiger partial charge in [-0.15, -0.1) is 0 Å². The molecule has 0 aliphatic rings. The van der Waals surface area contributed by atoms with Gasteiger partial charge in [0.25, 0.3) is 11.4 Å². The van der Waals surface area contributed by atoms with Crippen LogP contribution in [-0.2, 0) is 4.57 Å². The first-order valence-corrected chi connectivity index (χ1v) is 9.18. The van der Waals surface area contributed by atoms with Crippen LogP contribution in [0.25, 0.3) is 0 Å². The van der Waals surface area contributed by atoms with Crippen LogP contribution in [0.1, 0.15) is 6.92 Å². The Balaban J connectivity index is 2.39. The van der Waals surface area contributed by atoms with E-state index in [1.165, 1.54) is 36.4 Å². The molecule has 0 saturated carbocycles. The summed E-state index contributed by atoms with van der Waals surface area (Å²) in [6, 6.07) is 9.67. The number of nitro benzene ring substituents is 2. The summed E-state index contributed by atoms with van der Waals surface area (Å²) in [4.78, 5) is 20.3. The topological polar surface area (TPSA) is 122 Å². The van der Waals surface area contributed by atoms with Gasteiger partial charge in [-0.3, -0.25) is 20.2 Å². The Morgan fingerprint density at radius 2 is 1.31 bits per heavy atom. The molecule has 2 rings (SSSR count). The van der Waals surface area contributed by atoms with Crippen LogP contribution < -0.4 is 9.05 Å². The van der Waals surface area contributed by atoms with E-state index in [0.29, 0.717) is 0 Å². The summed E-state index contributed by atoms with van der Waals surface area (Å²) >= 11 is 11.9. The Labute approximate surface area is 157 Å². The van der Waals surface area contributed by atoms with Crippen LogP contribution in [0.5, 0.6) is 11.5 Å². The molecule has 0 fully saturated rings. The summed E-state index contributed by atoms with van der Waals surface area (Å²) in [5.41, 5.74) is -0.620. The van der Waals surface area contributed by atoms with Crippen molar-refractivity contribution in [2.24, 2.45) is 0 Å². The van der Waals surface area contributed by atoms with E-state index < -0.39 is 21.5 Å². The van der Waals surface area contributed by atoms with E-state index in [9.17, 15) is 24.8 Å². The molecule has 0 atom stereocenters. The van der Waals surface area contributed by atoms with Crippen molar-refractivity contribution < 1.29 is 23.5 Å². The molecule has 2 aromatic rings. The minimum atomic E-state index is -4.36. The van der Waals surface area contributed by atoms with Gasteiger partial charge < -0.3 is 9.05 Å². The molecule has 12 heteroatoms. The molecule has 138 valence electrons. The quantitative estimate of drug-likeness (QED) is 0.257. The lowest BCUT2D eigenvalue weighted by Crippen LogP contribution is -2.17. The van der Waals surface area contributed by atoms with Gasteiger partial charge in [0.05, 0.1) is 22.0 Å². The average molecular weight is 421 g/mol. The molecular formula is C14H11Cl2N2O7P. The average Bonchev–Trinajstić information content (AvgIpc) is 2.54. The van der Waals surface area contributed by atoms with Crippen LogP contribution in [0.3, 0.4) is 0 Å². The minimum Gasteiger partial charge on any atom is -0.414 e. The van der Waals surface area contributed by atoms with Crippen molar-refractivity contribution in [3.8, 4) is 11.5 Å². The van der Waals surface area contributed by atoms with Gasteiger partial charge in [-0.05, 0) is 19.1 Å². The lowest BCUT2D eigenvalue weighted by molar-refractivity contribution is -0.385. The van der Waals surface area contributed by atoms with Crippen molar-refractivity contribution in [3.63, 3.8) is 0 Å². The van der Waals surface area contributed by atoms with E-state index in [0.717, 1.165) is 19.1 Å². The van der Waals surface area contributed by atoms with E-state index in [-0.39, 0.29) is 22.9 Å². The van der Waals surface area contributed by atoms with Crippen LogP contribution in [0.2, 0.25) is 0 Å². The lowest BCUT2D eigenvalue weighted by atomic mass is 10.3. The number of benzene rings is 2. The molecule has 0 N–H and O–H groups in total. The molecule has 0 bridgehead atoms. The maximum atomic E-state index is 13.1. The molecule has 0 radical (unpaired) electrons. The number of alkyl halides is 2. The molecule has 0 heterocycles. The third kappa shape index (κ3) is 4.63. The summed E-state index contributed by atoms with van der Waals surface area (Å²) < 4.78 is 21.5. The lowest BCUT2D eigenvalue weighted by Gasteiger charge is -2.26. The monoisotopic (exact) mass is 420 g/mol. The van der Waals surface area contributed by atoms with Crippen LogP contribution in [0, 0.1) is 20.2 Å².